The molecule has 0 heterocycles. The molecule has 86 valence electrons. The number of hydrogen-bond donors (Lipinski definition) is 1. The Morgan fingerprint density at radius 2 is 2.00 bits per heavy atom. The lowest BCUT2D eigenvalue weighted by Gasteiger charge is -2.21. The first-order chi connectivity index (χ1) is 6.33. The average molecular weight is 244 g/mol. The molecule has 0 aromatic rings. The summed E-state index contributed by atoms with van der Waals surface area (Å²) in [5.74, 6) is 0.0550. The van der Waals surface area contributed by atoms with Crippen LogP contribution in [0.5, 0.6) is 0 Å². The van der Waals surface area contributed by atoms with E-state index in [1.807, 2.05) is 6.92 Å². The van der Waals surface area contributed by atoms with E-state index in [-0.39, 0.29) is 18.1 Å². The molecule has 6 heteroatoms. The number of nitrogens with one attached hydrogen (secondary N) is 1. The SMILES string of the molecule is CCOCCS(=O)(=O)CC(C)(C)NCl. The Bertz CT molecular complexity index is 251. The van der Waals surface area contributed by atoms with Gasteiger partial charge in [0.25, 0.3) is 0 Å². The van der Waals surface area contributed by atoms with Crippen LogP contribution in [0.1, 0.15) is 20.8 Å². The predicted octanol–water partition coefficient (Wildman–Crippen LogP) is 0.960. The molecular weight excluding hydrogens is 226 g/mol. The molecule has 14 heavy (non-hydrogen) atoms. The molecule has 0 saturated carbocycles. The van der Waals surface area contributed by atoms with Gasteiger partial charge in [-0.05, 0) is 32.5 Å². The molecule has 0 radical (unpaired) electrons. The maximum absolute atomic E-state index is 11.5. The zero-order chi connectivity index (χ0) is 11.2. The van der Waals surface area contributed by atoms with Crippen molar-refractivity contribution in [1.29, 1.82) is 0 Å². The normalized spacial score (nSPS) is 13.1. The van der Waals surface area contributed by atoms with Crippen LogP contribution in [-0.2, 0) is 14.6 Å². The highest BCUT2D eigenvalue weighted by atomic mass is 35.5. The number of ether oxygens (including phenoxy) is 1. The van der Waals surface area contributed by atoms with Gasteiger partial charge in [-0.15, -0.1) is 0 Å². The third-order valence-corrected chi connectivity index (χ3v) is 4.04. The molecule has 0 atom stereocenters. The van der Waals surface area contributed by atoms with Crippen LogP contribution in [-0.4, -0.2) is 38.7 Å². The van der Waals surface area contributed by atoms with Crippen molar-refractivity contribution in [3.63, 3.8) is 0 Å². The Hall–Kier alpha value is 0.160. The van der Waals surface area contributed by atoms with Crippen LogP contribution in [0.25, 0.3) is 0 Å². The van der Waals surface area contributed by atoms with Gasteiger partial charge in [-0.2, -0.15) is 0 Å². The summed E-state index contributed by atoms with van der Waals surface area (Å²) in [6.45, 7) is 6.08. The maximum Gasteiger partial charge on any atom is 0.154 e. The molecule has 0 bridgehead atoms. The van der Waals surface area contributed by atoms with E-state index in [9.17, 15) is 8.42 Å². The summed E-state index contributed by atoms with van der Waals surface area (Å²) in [6, 6.07) is 0. The first kappa shape index (κ1) is 14.2. The molecular formula is C8H18ClNO3S. The Kier molecular flexibility index (Phi) is 5.97. The quantitative estimate of drug-likeness (QED) is 0.535. The summed E-state index contributed by atoms with van der Waals surface area (Å²) < 4.78 is 28.0. The van der Waals surface area contributed by atoms with Crippen LogP contribution in [0, 0.1) is 0 Å². The van der Waals surface area contributed by atoms with E-state index in [1.54, 1.807) is 13.8 Å². The monoisotopic (exact) mass is 243 g/mol. The minimum absolute atomic E-state index is 0.0105. The molecule has 0 amide bonds. The molecule has 0 aliphatic carbocycles. The van der Waals surface area contributed by atoms with Crippen molar-refractivity contribution in [3.05, 3.63) is 0 Å². The van der Waals surface area contributed by atoms with E-state index in [0.717, 1.165) is 0 Å². The highest BCUT2D eigenvalue weighted by Gasteiger charge is 2.24. The second-order valence-electron chi connectivity index (χ2n) is 3.77. The molecule has 0 aliphatic rings. The van der Waals surface area contributed by atoms with Gasteiger partial charge in [0.1, 0.15) is 0 Å². The zero-order valence-electron chi connectivity index (χ0n) is 8.84. The fraction of sp³-hybridized carbons (Fsp3) is 1.00. The molecule has 4 nitrogen and oxygen atoms in total. The van der Waals surface area contributed by atoms with Crippen molar-refractivity contribution in [3.8, 4) is 0 Å². The largest absolute Gasteiger partial charge is 0.381 e. The summed E-state index contributed by atoms with van der Waals surface area (Å²) in [5, 5.41) is 0. The van der Waals surface area contributed by atoms with Gasteiger partial charge in [-0.3, -0.25) is 0 Å². The fourth-order valence-electron chi connectivity index (χ4n) is 0.979. The van der Waals surface area contributed by atoms with Crippen molar-refractivity contribution in [2.75, 3.05) is 24.7 Å². The van der Waals surface area contributed by atoms with Crippen molar-refractivity contribution in [1.82, 2.24) is 4.84 Å². The van der Waals surface area contributed by atoms with E-state index in [2.05, 4.69) is 4.84 Å². The van der Waals surface area contributed by atoms with Gasteiger partial charge < -0.3 is 4.74 Å². The van der Waals surface area contributed by atoms with Crippen LogP contribution < -0.4 is 4.84 Å². The van der Waals surface area contributed by atoms with Gasteiger partial charge in [0.2, 0.25) is 0 Å². The lowest BCUT2D eigenvalue weighted by molar-refractivity contribution is 0.163. The minimum atomic E-state index is -3.10. The lowest BCUT2D eigenvalue weighted by atomic mass is 10.1. The molecule has 0 unspecified atom stereocenters. The van der Waals surface area contributed by atoms with Crippen LogP contribution in [0.2, 0.25) is 0 Å². The second-order valence-corrected chi connectivity index (χ2v) is 6.14. The number of hydrogen-bond acceptors (Lipinski definition) is 4. The highest BCUT2D eigenvalue weighted by molar-refractivity contribution is 7.91. The first-order valence-corrected chi connectivity index (χ1v) is 6.69. The standard InChI is InChI=1S/C8H18ClNO3S/c1-4-13-5-6-14(11,12)7-8(2,3)10-9/h10H,4-7H2,1-3H3. The lowest BCUT2D eigenvalue weighted by Crippen LogP contribution is -2.41. The molecule has 1 N–H and O–H groups in total. The molecule has 0 fully saturated rings. The molecule has 0 aromatic carbocycles. The molecule has 0 aromatic heterocycles. The number of rotatable bonds is 7. The predicted molar refractivity (Wildman–Crippen MR) is 58.2 cm³/mol. The minimum Gasteiger partial charge on any atom is -0.381 e. The van der Waals surface area contributed by atoms with Gasteiger partial charge in [-0.25, -0.2) is 13.3 Å². The van der Waals surface area contributed by atoms with E-state index < -0.39 is 15.4 Å². The molecule has 0 rings (SSSR count). The van der Waals surface area contributed by atoms with Crippen LogP contribution in [0.15, 0.2) is 0 Å². The Balaban J connectivity index is 4.08. The van der Waals surface area contributed by atoms with E-state index in [4.69, 9.17) is 16.5 Å². The first-order valence-electron chi connectivity index (χ1n) is 4.49. The summed E-state index contributed by atoms with van der Waals surface area (Å²) in [4.78, 5) is 2.44. The van der Waals surface area contributed by atoms with Gasteiger partial charge in [0.05, 0.1) is 18.1 Å². The van der Waals surface area contributed by atoms with Crippen molar-refractivity contribution < 1.29 is 13.2 Å². The van der Waals surface area contributed by atoms with Gasteiger partial charge in [0.15, 0.2) is 9.84 Å². The van der Waals surface area contributed by atoms with Crippen LogP contribution in [0.4, 0.5) is 0 Å². The second kappa shape index (κ2) is 5.90. The Morgan fingerprint density at radius 1 is 1.43 bits per heavy atom. The van der Waals surface area contributed by atoms with E-state index in [1.165, 1.54) is 0 Å². The van der Waals surface area contributed by atoms with Crippen LogP contribution in [0.3, 0.4) is 0 Å². The summed E-state index contributed by atoms with van der Waals surface area (Å²) in [7, 11) is -3.10. The summed E-state index contributed by atoms with van der Waals surface area (Å²) in [5.41, 5.74) is -0.605. The van der Waals surface area contributed by atoms with Crippen LogP contribution >= 0.6 is 11.8 Å². The van der Waals surface area contributed by atoms with Gasteiger partial charge >= 0.3 is 0 Å². The molecule has 0 spiro atoms. The van der Waals surface area contributed by atoms with E-state index >= 15 is 0 Å². The third kappa shape index (κ3) is 6.59. The fourth-order valence-corrected chi connectivity index (χ4v) is 2.81. The maximum atomic E-state index is 11.5. The highest BCUT2D eigenvalue weighted by Crippen LogP contribution is 2.08. The Morgan fingerprint density at radius 3 is 2.43 bits per heavy atom. The van der Waals surface area contributed by atoms with Gasteiger partial charge in [0, 0.05) is 12.1 Å². The topological polar surface area (TPSA) is 55.4 Å². The van der Waals surface area contributed by atoms with Gasteiger partial charge in [-0.1, -0.05) is 0 Å². The van der Waals surface area contributed by atoms with E-state index in [0.29, 0.717) is 6.61 Å². The van der Waals surface area contributed by atoms with Crippen molar-refractivity contribution >= 4 is 21.6 Å². The zero-order valence-corrected chi connectivity index (χ0v) is 10.4. The smallest absolute Gasteiger partial charge is 0.154 e. The van der Waals surface area contributed by atoms with Crippen molar-refractivity contribution in [2.45, 2.75) is 26.3 Å². The summed E-state index contributed by atoms with van der Waals surface area (Å²) in [6.07, 6.45) is 0. The average Bonchev–Trinajstić information content (AvgIpc) is 2.03. The Labute approximate surface area is 91.0 Å². The van der Waals surface area contributed by atoms with Crippen molar-refractivity contribution in [2.24, 2.45) is 0 Å². The number of halogens is 1. The molecule has 0 saturated heterocycles. The number of sulfone groups is 1. The summed E-state index contributed by atoms with van der Waals surface area (Å²) >= 11 is 5.41. The molecule has 0 aliphatic heterocycles. The third-order valence-electron chi connectivity index (χ3n) is 1.58.